The summed E-state index contributed by atoms with van der Waals surface area (Å²) >= 11 is 6.84. The minimum Gasteiger partial charge on any atom is -0.489 e. The number of ether oxygens (including phenoxy) is 1. The zero-order valence-corrected chi connectivity index (χ0v) is 19.3. The van der Waals surface area contributed by atoms with Crippen molar-refractivity contribution in [3.05, 3.63) is 69.3 Å². The number of rotatable bonds is 6. The number of hydrogen-bond donors (Lipinski definition) is 0. The van der Waals surface area contributed by atoms with Crippen molar-refractivity contribution in [2.24, 2.45) is 0 Å². The fraction of sp³-hybridized carbons (Fsp3) is 0.292. The minimum absolute atomic E-state index is 0.0515. The number of carbonyl (C=O) groups is 3. The van der Waals surface area contributed by atoms with Gasteiger partial charge in [0.05, 0.1) is 9.93 Å². The van der Waals surface area contributed by atoms with Crippen LogP contribution in [0.1, 0.15) is 30.4 Å². The van der Waals surface area contributed by atoms with Gasteiger partial charge in [0.15, 0.2) is 0 Å². The summed E-state index contributed by atoms with van der Waals surface area (Å²) in [4.78, 5) is 40.6. The van der Waals surface area contributed by atoms with Crippen molar-refractivity contribution in [3.8, 4) is 5.75 Å². The van der Waals surface area contributed by atoms with Gasteiger partial charge >= 0.3 is 0 Å². The fourth-order valence-electron chi connectivity index (χ4n) is 3.69. The van der Waals surface area contributed by atoms with Gasteiger partial charge in [-0.1, -0.05) is 29.8 Å². The number of benzene rings is 2. The fourth-order valence-corrected chi connectivity index (χ4v) is 4.74. The normalized spacial score (nSPS) is 17.7. The zero-order valence-electron chi connectivity index (χ0n) is 17.8. The minimum atomic E-state index is -0.486. The van der Waals surface area contributed by atoms with Crippen LogP contribution >= 0.6 is 23.4 Å². The van der Waals surface area contributed by atoms with E-state index in [1.54, 1.807) is 41.3 Å². The van der Waals surface area contributed by atoms with Crippen LogP contribution in [0.25, 0.3) is 6.08 Å². The Morgan fingerprint density at radius 1 is 1.12 bits per heavy atom. The summed E-state index contributed by atoms with van der Waals surface area (Å²) in [5.74, 6) is -0.686. The van der Waals surface area contributed by atoms with Crippen LogP contribution in [0.4, 0.5) is 9.18 Å². The molecule has 6 nitrogen and oxygen atoms in total. The van der Waals surface area contributed by atoms with E-state index in [4.69, 9.17) is 16.3 Å². The lowest BCUT2D eigenvalue weighted by Crippen LogP contribution is -2.44. The highest BCUT2D eigenvalue weighted by atomic mass is 35.5. The second-order valence-corrected chi connectivity index (χ2v) is 9.17. The summed E-state index contributed by atoms with van der Waals surface area (Å²) in [7, 11) is 0. The molecule has 0 atom stereocenters. The molecule has 4 rings (SSSR count). The molecule has 0 radical (unpaired) electrons. The third kappa shape index (κ3) is 5.57. The summed E-state index contributed by atoms with van der Waals surface area (Å²) in [5, 5.41) is -0.183. The second-order valence-electron chi connectivity index (χ2n) is 7.77. The average Bonchev–Trinajstić information content (AvgIpc) is 3.07. The average molecular weight is 489 g/mol. The van der Waals surface area contributed by atoms with Gasteiger partial charge < -0.3 is 9.64 Å². The topological polar surface area (TPSA) is 66.9 Å². The summed E-state index contributed by atoms with van der Waals surface area (Å²) in [6.45, 7) is 1.03. The molecule has 0 N–H and O–H groups in total. The molecular formula is C24H22ClFN2O4S. The van der Waals surface area contributed by atoms with Gasteiger partial charge in [0.1, 0.15) is 24.7 Å². The highest BCUT2D eigenvalue weighted by molar-refractivity contribution is 8.18. The largest absolute Gasteiger partial charge is 0.489 e. The van der Waals surface area contributed by atoms with E-state index in [1.807, 2.05) is 0 Å². The van der Waals surface area contributed by atoms with Gasteiger partial charge in [0, 0.05) is 18.7 Å². The molecule has 2 fully saturated rings. The van der Waals surface area contributed by atoms with Gasteiger partial charge in [-0.15, -0.1) is 0 Å². The van der Waals surface area contributed by atoms with Gasteiger partial charge in [-0.05, 0) is 66.9 Å². The first-order valence-electron chi connectivity index (χ1n) is 10.6. The van der Waals surface area contributed by atoms with Gasteiger partial charge in [-0.25, -0.2) is 4.39 Å². The smallest absolute Gasteiger partial charge is 0.294 e. The Bertz CT molecular complexity index is 1100. The van der Waals surface area contributed by atoms with E-state index in [0.717, 1.165) is 35.9 Å². The zero-order chi connectivity index (χ0) is 23.4. The van der Waals surface area contributed by atoms with E-state index in [1.165, 1.54) is 12.1 Å². The highest BCUT2D eigenvalue weighted by Crippen LogP contribution is 2.33. The number of hydrogen-bond acceptors (Lipinski definition) is 5. The van der Waals surface area contributed by atoms with Crippen molar-refractivity contribution in [2.45, 2.75) is 25.9 Å². The SMILES string of the molecule is O=C(CN1C(=O)S/C(=C/c2cccc(OCc3c(F)cccc3Cl)c2)C1=O)N1CCCCC1. The maximum atomic E-state index is 14.0. The number of carbonyl (C=O) groups excluding carboxylic acids is 3. The van der Waals surface area contributed by atoms with Crippen molar-refractivity contribution >= 4 is 46.5 Å². The molecule has 0 aromatic heterocycles. The van der Waals surface area contributed by atoms with E-state index in [-0.39, 0.29) is 34.6 Å². The highest BCUT2D eigenvalue weighted by Gasteiger charge is 2.37. The molecule has 2 aromatic carbocycles. The van der Waals surface area contributed by atoms with E-state index in [9.17, 15) is 18.8 Å². The molecular weight excluding hydrogens is 467 g/mol. The first-order valence-corrected chi connectivity index (χ1v) is 11.8. The van der Waals surface area contributed by atoms with E-state index >= 15 is 0 Å². The van der Waals surface area contributed by atoms with E-state index in [0.29, 0.717) is 24.4 Å². The second kappa shape index (κ2) is 10.4. The van der Waals surface area contributed by atoms with Crippen molar-refractivity contribution in [1.82, 2.24) is 9.80 Å². The number of piperidine rings is 1. The number of amides is 3. The number of nitrogens with zero attached hydrogens (tertiary/aromatic N) is 2. The molecule has 0 unspecified atom stereocenters. The third-order valence-electron chi connectivity index (χ3n) is 5.48. The van der Waals surface area contributed by atoms with Gasteiger partial charge in [0.25, 0.3) is 11.1 Å². The molecule has 2 heterocycles. The standard InChI is InChI=1S/C24H22ClFN2O4S/c25-19-8-5-9-20(26)18(19)15-32-17-7-4-6-16(12-17)13-21-23(30)28(24(31)33-21)14-22(29)27-10-2-1-3-11-27/h4-9,12-13H,1-3,10-11,14-15H2/b21-13+. The predicted molar refractivity (Wildman–Crippen MR) is 125 cm³/mol. The monoisotopic (exact) mass is 488 g/mol. The summed E-state index contributed by atoms with van der Waals surface area (Å²) < 4.78 is 19.6. The van der Waals surface area contributed by atoms with Crippen LogP contribution in [-0.2, 0) is 16.2 Å². The Morgan fingerprint density at radius 2 is 1.88 bits per heavy atom. The Labute approximate surface area is 200 Å². The molecule has 0 saturated carbocycles. The summed E-state index contributed by atoms with van der Waals surface area (Å²) in [6.07, 6.45) is 4.55. The molecule has 33 heavy (non-hydrogen) atoms. The van der Waals surface area contributed by atoms with E-state index in [2.05, 4.69) is 0 Å². The Balaban J connectivity index is 1.42. The van der Waals surface area contributed by atoms with Crippen molar-refractivity contribution < 1.29 is 23.5 Å². The van der Waals surface area contributed by atoms with Crippen LogP contribution < -0.4 is 4.74 Å². The molecule has 0 bridgehead atoms. The molecule has 2 aliphatic heterocycles. The molecule has 2 aromatic rings. The molecule has 3 amide bonds. The molecule has 2 saturated heterocycles. The maximum absolute atomic E-state index is 14.0. The van der Waals surface area contributed by atoms with Crippen LogP contribution in [0, 0.1) is 5.82 Å². The molecule has 172 valence electrons. The summed E-state index contributed by atoms with van der Waals surface area (Å²) in [5.41, 5.74) is 0.893. The van der Waals surface area contributed by atoms with Gasteiger partial charge in [-0.2, -0.15) is 0 Å². The first kappa shape index (κ1) is 23.3. The quantitative estimate of drug-likeness (QED) is 0.529. The molecule has 9 heteroatoms. The van der Waals surface area contributed by atoms with Crippen LogP contribution in [-0.4, -0.2) is 46.5 Å². The lowest BCUT2D eigenvalue weighted by atomic mass is 10.1. The molecule has 0 aliphatic carbocycles. The third-order valence-corrected chi connectivity index (χ3v) is 6.74. The lowest BCUT2D eigenvalue weighted by molar-refractivity contribution is -0.136. The van der Waals surface area contributed by atoms with Crippen LogP contribution in [0.5, 0.6) is 5.75 Å². The lowest BCUT2D eigenvalue weighted by Gasteiger charge is -2.27. The van der Waals surface area contributed by atoms with Gasteiger partial charge in [-0.3, -0.25) is 19.3 Å². The van der Waals surface area contributed by atoms with E-state index < -0.39 is 17.0 Å². The molecule has 2 aliphatic rings. The Morgan fingerprint density at radius 3 is 2.64 bits per heavy atom. The van der Waals surface area contributed by atoms with Crippen LogP contribution in [0.3, 0.4) is 0 Å². The van der Waals surface area contributed by atoms with Crippen molar-refractivity contribution in [3.63, 3.8) is 0 Å². The van der Waals surface area contributed by atoms with Crippen molar-refractivity contribution in [1.29, 1.82) is 0 Å². The number of halogens is 2. The number of thioether (sulfide) groups is 1. The molecule has 0 spiro atoms. The summed E-state index contributed by atoms with van der Waals surface area (Å²) in [6, 6.07) is 11.3. The first-order chi connectivity index (χ1) is 15.9. The predicted octanol–water partition coefficient (Wildman–Crippen LogP) is 5.11. The Hall–Kier alpha value is -2.84. The maximum Gasteiger partial charge on any atom is 0.294 e. The van der Waals surface area contributed by atoms with Crippen LogP contribution in [0.15, 0.2) is 47.4 Å². The Kier molecular flexibility index (Phi) is 7.35. The number of imide groups is 1. The number of likely N-dealkylation sites (tertiary alicyclic amines) is 1. The van der Waals surface area contributed by atoms with Crippen LogP contribution in [0.2, 0.25) is 5.02 Å². The van der Waals surface area contributed by atoms with Crippen molar-refractivity contribution in [2.75, 3.05) is 19.6 Å². The van der Waals surface area contributed by atoms with Gasteiger partial charge in [0.2, 0.25) is 5.91 Å².